The maximum Gasteiger partial charge on any atom is 0.202 e. The van der Waals surface area contributed by atoms with E-state index >= 15 is 0 Å². The Bertz CT molecular complexity index is 216. The maximum absolute atomic E-state index is 4.19. The van der Waals surface area contributed by atoms with Gasteiger partial charge < -0.3 is 0 Å². The van der Waals surface area contributed by atoms with Crippen LogP contribution in [0.5, 0.6) is 0 Å². The van der Waals surface area contributed by atoms with Crippen molar-refractivity contribution in [2.75, 3.05) is 0 Å². The van der Waals surface area contributed by atoms with Gasteiger partial charge in [0.15, 0.2) is 0 Å². The number of aromatic nitrogens is 1. The minimum Gasteiger partial charge on any atom is -0.0650 e. The molecule has 2 heteroatoms. The lowest BCUT2D eigenvalue weighted by Gasteiger charge is -1.82. The van der Waals surface area contributed by atoms with Crippen molar-refractivity contribution in [1.29, 1.82) is 0 Å². The van der Waals surface area contributed by atoms with Crippen molar-refractivity contribution in [3.8, 4) is 0 Å². The molecular formula is C9H13N2+. The van der Waals surface area contributed by atoms with Gasteiger partial charge in [0.1, 0.15) is 0 Å². The average molecular weight is 149 g/mol. The van der Waals surface area contributed by atoms with Crippen LogP contribution in [0.3, 0.4) is 0 Å². The van der Waals surface area contributed by atoms with E-state index in [-0.39, 0.29) is 0 Å². The molecule has 0 radical (unpaired) electrons. The summed E-state index contributed by atoms with van der Waals surface area (Å²) in [6.45, 7) is 2.14. The molecule has 1 rings (SSSR count). The molecule has 2 nitrogen and oxygen atoms in total. The van der Waals surface area contributed by atoms with E-state index in [1.54, 1.807) is 4.68 Å². The van der Waals surface area contributed by atoms with Crippen LogP contribution in [0.2, 0.25) is 0 Å². The number of hydrogen-bond donors (Lipinski definition) is 0. The highest BCUT2D eigenvalue weighted by molar-refractivity contribution is 5.55. The van der Waals surface area contributed by atoms with Crippen molar-refractivity contribution in [1.82, 2.24) is 0 Å². The molecule has 0 amide bonds. The fraction of sp³-hybridized carbons (Fsp3) is 0.333. The summed E-state index contributed by atoms with van der Waals surface area (Å²) in [6.07, 6.45) is 7.97. The Balaban J connectivity index is 2.50. The largest absolute Gasteiger partial charge is 0.202 e. The normalized spacial score (nSPS) is 10.6. The number of rotatable bonds is 3. The molecule has 11 heavy (non-hydrogen) atoms. The van der Waals surface area contributed by atoms with Gasteiger partial charge in [-0.1, -0.05) is 24.1 Å². The summed E-state index contributed by atoms with van der Waals surface area (Å²) in [5.74, 6) is 0. The van der Waals surface area contributed by atoms with E-state index in [4.69, 9.17) is 0 Å². The predicted molar refractivity (Wildman–Crippen MR) is 45.4 cm³/mol. The highest BCUT2D eigenvalue weighted by Gasteiger charge is 1.88. The summed E-state index contributed by atoms with van der Waals surface area (Å²) < 4.78 is 1.80. The molecule has 0 unspecified atom stereocenters. The molecular weight excluding hydrogens is 136 g/mol. The molecule has 1 heterocycles. The van der Waals surface area contributed by atoms with Crippen LogP contribution in [0, 0.1) is 0 Å². The van der Waals surface area contributed by atoms with Gasteiger partial charge in [0.25, 0.3) is 0 Å². The zero-order valence-electron chi connectivity index (χ0n) is 6.77. The van der Waals surface area contributed by atoms with Gasteiger partial charge in [-0.15, -0.1) is 0 Å². The van der Waals surface area contributed by atoms with Crippen LogP contribution in [0.25, 0.3) is 0 Å². The lowest BCUT2D eigenvalue weighted by atomic mass is 10.4. The Kier molecular flexibility index (Phi) is 3.32. The lowest BCUT2D eigenvalue weighted by molar-refractivity contribution is -0.678. The van der Waals surface area contributed by atoms with Crippen LogP contribution in [-0.2, 0) is 0 Å². The Hall–Kier alpha value is -1.18. The summed E-state index contributed by atoms with van der Waals surface area (Å²) in [5.41, 5.74) is 0. The van der Waals surface area contributed by atoms with Gasteiger partial charge in [-0.05, 0) is 11.5 Å². The summed E-state index contributed by atoms with van der Waals surface area (Å²) >= 11 is 0. The van der Waals surface area contributed by atoms with Crippen LogP contribution in [0.1, 0.15) is 19.8 Å². The fourth-order valence-electron chi connectivity index (χ4n) is 0.748. The molecule has 0 atom stereocenters. The minimum absolute atomic E-state index is 1.04. The minimum atomic E-state index is 1.04. The van der Waals surface area contributed by atoms with Crippen LogP contribution in [-0.4, -0.2) is 6.21 Å². The first-order valence-corrected chi connectivity index (χ1v) is 3.92. The van der Waals surface area contributed by atoms with Crippen molar-refractivity contribution in [2.24, 2.45) is 5.10 Å². The molecule has 1 aromatic heterocycles. The van der Waals surface area contributed by atoms with E-state index in [1.165, 1.54) is 0 Å². The van der Waals surface area contributed by atoms with Crippen LogP contribution >= 0.6 is 0 Å². The maximum atomic E-state index is 4.19. The van der Waals surface area contributed by atoms with E-state index in [9.17, 15) is 0 Å². The molecule has 0 aliphatic heterocycles. The van der Waals surface area contributed by atoms with E-state index in [1.807, 2.05) is 36.8 Å². The van der Waals surface area contributed by atoms with Gasteiger partial charge in [0.2, 0.25) is 12.4 Å². The van der Waals surface area contributed by atoms with Gasteiger partial charge in [-0.3, -0.25) is 0 Å². The molecule has 1 aromatic rings. The molecule has 0 saturated carbocycles. The molecule has 0 aromatic carbocycles. The van der Waals surface area contributed by atoms with E-state index in [0.717, 1.165) is 12.8 Å². The number of pyridine rings is 1. The fourth-order valence-corrected chi connectivity index (χ4v) is 0.748. The second kappa shape index (κ2) is 4.61. The van der Waals surface area contributed by atoms with Crippen LogP contribution < -0.4 is 4.68 Å². The van der Waals surface area contributed by atoms with Crippen LogP contribution in [0.4, 0.5) is 0 Å². The van der Waals surface area contributed by atoms with Crippen molar-refractivity contribution >= 4 is 6.21 Å². The van der Waals surface area contributed by atoms with Crippen molar-refractivity contribution in [2.45, 2.75) is 19.8 Å². The Morgan fingerprint density at radius 3 is 2.64 bits per heavy atom. The molecule has 58 valence electrons. The second-order valence-electron chi connectivity index (χ2n) is 2.34. The second-order valence-corrected chi connectivity index (χ2v) is 2.34. The number of unbranched alkanes of at least 4 members (excludes halogenated alkanes) is 1. The van der Waals surface area contributed by atoms with Crippen molar-refractivity contribution < 1.29 is 4.68 Å². The highest BCUT2D eigenvalue weighted by atomic mass is 15.3. The monoisotopic (exact) mass is 149 g/mol. The lowest BCUT2D eigenvalue weighted by Crippen LogP contribution is -2.25. The SMILES string of the molecule is CCCC=N[n+]1ccccc1. The quantitative estimate of drug-likeness (QED) is 0.458. The Labute approximate surface area is 67.2 Å². The zero-order valence-corrected chi connectivity index (χ0v) is 6.77. The average Bonchev–Trinajstić information content (AvgIpc) is 2.07. The standard InChI is InChI=1S/C9H13N2/c1-2-3-7-10-11-8-5-4-6-9-11/h4-9H,2-3H2,1H3/q+1. The first-order valence-electron chi connectivity index (χ1n) is 3.92. The zero-order chi connectivity index (χ0) is 7.94. The van der Waals surface area contributed by atoms with Crippen LogP contribution in [0.15, 0.2) is 35.7 Å². The summed E-state index contributed by atoms with van der Waals surface area (Å²) in [6, 6.07) is 5.90. The smallest absolute Gasteiger partial charge is 0.0650 e. The first kappa shape index (κ1) is 7.92. The molecule has 0 fully saturated rings. The summed E-state index contributed by atoms with van der Waals surface area (Å²) in [7, 11) is 0. The molecule has 0 aliphatic rings. The van der Waals surface area contributed by atoms with Gasteiger partial charge >= 0.3 is 0 Å². The van der Waals surface area contributed by atoms with Gasteiger partial charge in [0, 0.05) is 12.1 Å². The highest BCUT2D eigenvalue weighted by Crippen LogP contribution is 1.80. The van der Waals surface area contributed by atoms with E-state index < -0.39 is 0 Å². The number of hydrogen-bond acceptors (Lipinski definition) is 1. The third kappa shape index (κ3) is 2.94. The van der Waals surface area contributed by atoms with Crippen molar-refractivity contribution in [3.05, 3.63) is 30.6 Å². The summed E-state index contributed by atoms with van der Waals surface area (Å²) in [5, 5.41) is 4.19. The predicted octanol–water partition coefficient (Wildman–Crippen LogP) is 1.61. The van der Waals surface area contributed by atoms with E-state index in [0.29, 0.717) is 0 Å². The molecule has 0 aliphatic carbocycles. The summed E-state index contributed by atoms with van der Waals surface area (Å²) in [4.78, 5) is 0. The topological polar surface area (TPSA) is 16.2 Å². The van der Waals surface area contributed by atoms with Gasteiger partial charge in [-0.2, -0.15) is 0 Å². The third-order valence-electron chi connectivity index (χ3n) is 1.33. The molecule has 0 saturated heterocycles. The van der Waals surface area contributed by atoms with E-state index in [2.05, 4.69) is 12.0 Å². The molecule has 0 spiro atoms. The third-order valence-corrected chi connectivity index (χ3v) is 1.33. The molecule has 0 bridgehead atoms. The molecule has 0 N–H and O–H groups in total. The van der Waals surface area contributed by atoms with Gasteiger partial charge in [0.05, 0.1) is 6.21 Å². The Morgan fingerprint density at radius 2 is 2.00 bits per heavy atom. The Morgan fingerprint density at radius 1 is 1.27 bits per heavy atom. The number of nitrogens with zero attached hydrogens (tertiary/aromatic N) is 2. The van der Waals surface area contributed by atoms with Gasteiger partial charge in [-0.25, -0.2) is 0 Å². The van der Waals surface area contributed by atoms with Crippen molar-refractivity contribution in [3.63, 3.8) is 0 Å². The first-order chi connectivity index (χ1) is 5.43.